The molecule has 0 aromatic rings. The molecule has 0 radical (unpaired) electrons. The SMILES string of the molecule is C=C1C(=CC=C2CCC[C@]3(C)[C@@H]([C@@H](C)OCC(O)(CC)CCCC)CC[C@@H]23)C[C@@H](O)C[C@@H]1O. The molecule has 4 heteroatoms. The second kappa shape index (κ2) is 11.2. The largest absolute Gasteiger partial charge is 0.393 e. The summed E-state index contributed by atoms with van der Waals surface area (Å²) in [5.74, 6) is 1.05. The van der Waals surface area contributed by atoms with Crippen LogP contribution in [0.5, 0.6) is 0 Å². The van der Waals surface area contributed by atoms with Crippen molar-refractivity contribution in [2.45, 2.75) is 122 Å². The van der Waals surface area contributed by atoms with E-state index in [1.807, 2.05) is 0 Å². The Labute approximate surface area is 201 Å². The van der Waals surface area contributed by atoms with E-state index >= 15 is 0 Å². The molecule has 3 saturated carbocycles. The molecular formula is C29H48O4. The average Bonchev–Trinajstić information content (AvgIpc) is 3.15. The van der Waals surface area contributed by atoms with E-state index in [0.717, 1.165) is 43.3 Å². The van der Waals surface area contributed by atoms with Gasteiger partial charge in [0, 0.05) is 6.42 Å². The van der Waals surface area contributed by atoms with E-state index in [2.05, 4.69) is 46.4 Å². The lowest BCUT2D eigenvalue weighted by molar-refractivity contribution is -0.103. The second-order valence-electron chi connectivity index (χ2n) is 11.4. The molecule has 4 nitrogen and oxygen atoms in total. The standard InChI is InChI=1S/C29H48O4/c1-6-8-16-29(32,7-2)19-33-21(4)25-13-14-26-22(10-9-15-28(25,26)5)11-12-23-17-24(30)18-27(31)20(23)3/h11-12,21,24-27,30-32H,3,6-10,13-19H2,1-2,4-5H3/t21-,24-,25-,26+,27+,28-,29?/m1/s1. The van der Waals surface area contributed by atoms with E-state index < -0.39 is 17.8 Å². The van der Waals surface area contributed by atoms with Crippen LogP contribution in [0.1, 0.15) is 98.3 Å². The van der Waals surface area contributed by atoms with E-state index in [0.29, 0.717) is 31.3 Å². The summed E-state index contributed by atoms with van der Waals surface area (Å²) < 4.78 is 6.37. The molecule has 0 spiro atoms. The number of allylic oxidation sites excluding steroid dienone is 3. The van der Waals surface area contributed by atoms with E-state index in [-0.39, 0.29) is 11.5 Å². The minimum Gasteiger partial charge on any atom is -0.393 e. The van der Waals surface area contributed by atoms with Crippen molar-refractivity contribution >= 4 is 0 Å². The van der Waals surface area contributed by atoms with Crippen molar-refractivity contribution in [3.63, 3.8) is 0 Å². The molecule has 0 aromatic heterocycles. The lowest BCUT2D eigenvalue weighted by Crippen LogP contribution is -2.41. The highest BCUT2D eigenvalue weighted by atomic mass is 16.5. The lowest BCUT2D eigenvalue weighted by Gasteiger charge is -2.44. The first-order chi connectivity index (χ1) is 15.6. The summed E-state index contributed by atoms with van der Waals surface area (Å²) in [6.07, 6.45) is 13.9. The number of aliphatic hydroxyl groups is 3. The van der Waals surface area contributed by atoms with E-state index in [9.17, 15) is 15.3 Å². The van der Waals surface area contributed by atoms with Gasteiger partial charge in [0.1, 0.15) is 0 Å². The zero-order valence-electron chi connectivity index (χ0n) is 21.5. The van der Waals surface area contributed by atoms with Crippen LogP contribution in [0, 0.1) is 17.3 Å². The van der Waals surface area contributed by atoms with Gasteiger partial charge in [0.05, 0.1) is 30.5 Å². The van der Waals surface area contributed by atoms with Gasteiger partial charge in [-0.25, -0.2) is 0 Å². The van der Waals surface area contributed by atoms with Crippen molar-refractivity contribution < 1.29 is 20.1 Å². The van der Waals surface area contributed by atoms with Gasteiger partial charge >= 0.3 is 0 Å². The summed E-state index contributed by atoms with van der Waals surface area (Å²) >= 11 is 0. The quantitative estimate of drug-likeness (QED) is 0.403. The maximum Gasteiger partial charge on any atom is 0.0877 e. The number of rotatable bonds is 9. The summed E-state index contributed by atoms with van der Waals surface area (Å²) in [5, 5.41) is 31.2. The van der Waals surface area contributed by atoms with Crippen LogP contribution in [-0.2, 0) is 4.74 Å². The number of unbranched alkanes of at least 4 members (excludes halogenated alkanes) is 1. The third-order valence-corrected chi connectivity index (χ3v) is 9.14. The van der Waals surface area contributed by atoms with Crippen molar-refractivity contribution in [3.05, 3.63) is 35.5 Å². The Hall–Kier alpha value is -0.940. The minimum absolute atomic E-state index is 0.140. The average molecular weight is 461 g/mol. The van der Waals surface area contributed by atoms with Gasteiger partial charge in [-0.3, -0.25) is 0 Å². The highest BCUT2D eigenvalue weighted by Crippen LogP contribution is 2.58. The first-order valence-corrected chi connectivity index (χ1v) is 13.4. The van der Waals surface area contributed by atoms with Crippen LogP contribution < -0.4 is 0 Å². The monoisotopic (exact) mass is 460 g/mol. The molecule has 3 rings (SSSR count). The van der Waals surface area contributed by atoms with E-state index in [1.54, 1.807) is 0 Å². The molecule has 0 saturated heterocycles. The zero-order valence-corrected chi connectivity index (χ0v) is 21.5. The molecule has 0 amide bonds. The maximum atomic E-state index is 11.0. The fourth-order valence-electron chi connectivity index (χ4n) is 6.78. The van der Waals surface area contributed by atoms with Gasteiger partial charge in [-0.15, -0.1) is 0 Å². The Morgan fingerprint density at radius 1 is 1.24 bits per heavy atom. The van der Waals surface area contributed by atoms with Crippen LogP contribution in [-0.4, -0.2) is 45.8 Å². The van der Waals surface area contributed by atoms with Crippen LogP contribution in [0.4, 0.5) is 0 Å². The van der Waals surface area contributed by atoms with Crippen molar-refractivity contribution in [2.75, 3.05) is 6.61 Å². The van der Waals surface area contributed by atoms with Gasteiger partial charge in [-0.05, 0) is 86.7 Å². The molecule has 7 atom stereocenters. The highest BCUT2D eigenvalue weighted by Gasteiger charge is 2.51. The van der Waals surface area contributed by atoms with Gasteiger partial charge in [-0.2, -0.15) is 0 Å². The molecule has 3 fully saturated rings. The third-order valence-electron chi connectivity index (χ3n) is 9.14. The molecule has 3 aliphatic rings. The number of hydrogen-bond donors (Lipinski definition) is 3. The molecule has 0 aliphatic heterocycles. The molecule has 0 aromatic carbocycles. The van der Waals surface area contributed by atoms with Gasteiger partial charge in [0.15, 0.2) is 0 Å². The van der Waals surface area contributed by atoms with Crippen LogP contribution in [0.25, 0.3) is 0 Å². The Balaban J connectivity index is 1.69. The number of hydrogen-bond acceptors (Lipinski definition) is 4. The van der Waals surface area contributed by atoms with Gasteiger partial charge in [0.25, 0.3) is 0 Å². The molecule has 3 aliphatic carbocycles. The van der Waals surface area contributed by atoms with Gasteiger partial charge in [-0.1, -0.05) is 57.9 Å². The number of aliphatic hydroxyl groups excluding tert-OH is 2. The summed E-state index contributed by atoms with van der Waals surface area (Å²) in [5.41, 5.74) is 2.76. The zero-order chi connectivity index (χ0) is 24.2. The molecule has 0 heterocycles. The first kappa shape index (κ1) is 26.7. The maximum absolute atomic E-state index is 11.0. The normalized spacial score (nSPS) is 37.8. The molecule has 3 N–H and O–H groups in total. The van der Waals surface area contributed by atoms with E-state index in [1.165, 1.54) is 31.3 Å². The molecular weight excluding hydrogens is 412 g/mol. The topological polar surface area (TPSA) is 69.9 Å². The van der Waals surface area contributed by atoms with E-state index in [4.69, 9.17) is 4.74 Å². The summed E-state index contributed by atoms with van der Waals surface area (Å²) in [4.78, 5) is 0. The molecule has 0 bridgehead atoms. The fourth-order valence-corrected chi connectivity index (χ4v) is 6.78. The predicted molar refractivity (Wildman–Crippen MR) is 135 cm³/mol. The predicted octanol–water partition coefficient (Wildman–Crippen LogP) is 5.86. The fraction of sp³-hybridized carbons (Fsp3) is 0.793. The summed E-state index contributed by atoms with van der Waals surface area (Å²) in [6.45, 7) is 13.4. The van der Waals surface area contributed by atoms with Gasteiger partial charge in [0.2, 0.25) is 0 Å². The van der Waals surface area contributed by atoms with Crippen molar-refractivity contribution in [1.82, 2.24) is 0 Å². The Morgan fingerprint density at radius 2 is 2.00 bits per heavy atom. The molecule has 1 unspecified atom stereocenters. The number of fused-ring (bicyclic) bond motifs is 1. The van der Waals surface area contributed by atoms with Crippen molar-refractivity contribution in [2.24, 2.45) is 17.3 Å². The summed E-state index contributed by atoms with van der Waals surface area (Å²) in [7, 11) is 0. The Kier molecular flexibility index (Phi) is 9.05. The first-order valence-electron chi connectivity index (χ1n) is 13.4. The number of ether oxygens (including phenoxy) is 1. The minimum atomic E-state index is -0.704. The highest BCUT2D eigenvalue weighted by molar-refractivity contribution is 5.38. The Bertz CT molecular complexity index is 740. The van der Waals surface area contributed by atoms with Crippen LogP contribution in [0.15, 0.2) is 35.5 Å². The molecule has 188 valence electrons. The van der Waals surface area contributed by atoms with Crippen LogP contribution in [0.3, 0.4) is 0 Å². The third kappa shape index (κ3) is 6.01. The van der Waals surface area contributed by atoms with Gasteiger partial charge < -0.3 is 20.1 Å². The van der Waals surface area contributed by atoms with Crippen molar-refractivity contribution in [1.29, 1.82) is 0 Å². The van der Waals surface area contributed by atoms with Crippen LogP contribution in [0.2, 0.25) is 0 Å². The lowest BCUT2D eigenvalue weighted by atomic mass is 9.62. The smallest absolute Gasteiger partial charge is 0.0877 e. The molecule has 33 heavy (non-hydrogen) atoms. The Morgan fingerprint density at radius 3 is 2.70 bits per heavy atom. The summed E-state index contributed by atoms with van der Waals surface area (Å²) in [6, 6.07) is 0. The second-order valence-corrected chi connectivity index (χ2v) is 11.4. The van der Waals surface area contributed by atoms with Crippen molar-refractivity contribution in [3.8, 4) is 0 Å². The van der Waals surface area contributed by atoms with Crippen LogP contribution >= 0.6 is 0 Å².